The Bertz CT molecular complexity index is 931. The van der Waals surface area contributed by atoms with Crippen molar-refractivity contribution in [2.24, 2.45) is 0 Å². The Morgan fingerprint density at radius 2 is 1.56 bits per heavy atom. The van der Waals surface area contributed by atoms with Gasteiger partial charge in [0.05, 0.1) is 24.2 Å². The monoisotopic (exact) mass is 332 g/mol. The predicted molar refractivity (Wildman–Crippen MR) is 93.4 cm³/mol. The lowest BCUT2D eigenvalue weighted by molar-refractivity contribution is -0.138. The van der Waals surface area contributed by atoms with Crippen molar-refractivity contribution in [2.75, 3.05) is 11.9 Å². The van der Waals surface area contributed by atoms with Crippen LogP contribution in [0.4, 0.5) is 5.69 Å². The van der Waals surface area contributed by atoms with Gasteiger partial charge in [0.15, 0.2) is 0 Å². The Balaban J connectivity index is 1.75. The Hall–Kier alpha value is -3.21. The van der Waals surface area contributed by atoms with Gasteiger partial charge in [-0.15, -0.1) is 0 Å². The number of likely N-dealkylation sites (N-methyl/N-ethyl adjacent to an activating group) is 1. The summed E-state index contributed by atoms with van der Waals surface area (Å²) >= 11 is 0. The maximum Gasteiger partial charge on any atom is 0.259 e. The molecule has 1 fully saturated rings. The lowest BCUT2D eigenvalue weighted by atomic mass is 10.00. The molecule has 0 saturated carbocycles. The summed E-state index contributed by atoms with van der Waals surface area (Å²) in [6.45, 7) is 0.223. The number of anilines is 1. The van der Waals surface area contributed by atoms with Crippen LogP contribution in [0.3, 0.4) is 0 Å². The van der Waals surface area contributed by atoms with Gasteiger partial charge in [0, 0.05) is 18.2 Å². The van der Waals surface area contributed by atoms with Gasteiger partial charge in [-0.05, 0) is 11.6 Å². The Labute approximate surface area is 145 Å². The Kier molecular flexibility index (Phi) is 3.50. The SMILES string of the molecule is CN1C(=O)C(=C2CC(=O)N(Cc3ccccc3)C2=O)c2ccccc21. The molecule has 0 spiro atoms. The fraction of sp³-hybridized carbons (Fsp3) is 0.150. The zero-order chi connectivity index (χ0) is 17.6. The molecule has 2 aliphatic heterocycles. The van der Waals surface area contributed by atoms with E-state index in [4.69, 9.17) is 0 Å². The molecule has 0 N–H and O–H groups in total. The van der Waals surface area contributed by atoms with E-state index < -0.39 is 0 Å². The molecule has 0 bridgehead atoms. The number of benzene rings is 2. The molecule has 0 aliphatic carbocycles. The second-order valence-electron chi connectivity index (χ2n) is 6.18. The Morgan fingerprint density at radius 3 is 2.32 bits per heavy atom. The summed E-state index contributed by atoms with van der Waals surface area (Å²) in [5.41, 5.74) is 3.00. The van der Waals surface area contributed by atoms with Crippen LogP contribution in [0.15, 0.2) is 60.2 Å². The molecule has 5 nitrogen and oxygen atoms in total. The first-order valence-corrected chi connectivity index (χ1v) is 8.07. The van der Waals surface area contributed by atoms with Crippen molar-refractivity contribution >= 4 is 29.0 Å². The fourth-order valence-corrected chi connectivity index (χ4v) is 3.38. The fourth-order valence-electron chi connectivity index (χ4n) is 3.38. The lowest BCUT2D eigenvalue weighted by Crippen LogP contribution is -2.29. The number of carbonyl (C=O) groups excluding carboxylic acids is 3. The van der Waals surface area contributed by atoms with Crippen LogP contribution in [0.25, 0.3) is 5.57 Å². The van der Waals surface area contributed by atoms with Crippen molar-refractivity contribution in [2.45, 2.75) is 13.0 Å². The molecule has 0 unspecified atom stereocenters. The third-order valence-corrected chi connectivity index (χ3v) is 4.67. The quantitative estimate of drug-likeness (QED) is 0.627. The van der Waals surface area contributed by atoms with Crippen LogP contribution < -0.4 is 4.90 Å². The molecule has 2 aromatic carbocycles. The first-order valence-electron chi connectivity index (χ1n) is 8.07. The van der Waals surface area contributed by atoms with E-state index in [9.17, 15) is 14.4 Å². The van der Waals surface area contributed by atoms with E-state index in [1.165, 1.54) is 9.80 Å². The highest BCUT2D eigenvalue weighted by Gasteiger charge is 2.41. The molecule has 2 aliphatic rings. The van der Waals surface area contributed by atoms with Crippen molar-refractivity contribution < 1.29 is 14.4 Å². The number of carbonyl (C=O) groups is 3. The number of hydrogen-bond donors (Lipinski definition) is 0. The Morgan fingerprint density at radius 1 is 0.880 bits per heavy atom. The van der Waals surface area contributed by atoms with Crippen LogP contribution in [0, 0.1) is 0 Å². The van der Waals surface area contributed by atoms with Gasteiger partial charge in [-0.3, -0.25) is 19.3 Å². The molecular formula is C20H16N2O3. The molecule has 124 valence electrons. The van der Waals surface area contributed by atoms with E-state index in [0.29, 0.717) is 16.7 Å². The summed E-state index contributed by atoms with van der Waals surface area (Å²) in [5.74, 6) is -0.877. The third kappa shape index (κ3) is 2.36. The highest BCUT2D eigenvalue weighted by atomic mass is 16.2. The largest absolute Gasteiger partial charge is 0.311 e. The first-order chi connectivity index (χ1) is 12.1. The number of imide groups is 1. The molecule has 3 amide bonds. The van der Waals surface area contributed by atoms with Crippen molar-refractivity contribution in [3.05, 3.63) is 71.3 Å². The van der Waals surface area contributed by atoms with Gasteiger partial charge in [-0.1, -0.05) is 48.5 Å². The number of nitrogens with zero attached hydrogens (tertiary/aromatic N) is 2. The van der Waals surface area contributed by atoms with E-state index in [-0.39, 0.29) is 30.7 Å². The minimum absolute atomic E-state index is 0.0328. The van der Waals surface area contributed by atoms with Crippen LogP contribution in [-0.4, -0.2) is 29.7 Å². The number of fused-ring (bicyclic) bond motifs is 1. The number of hydrogen-bond acceptors (Lipinski definition) is 3. The first kappa shape index (κ1) is 15.3. The summed E-state index contributed by atoms with van der Waals surface area (Å²) in [6.07, 6.45) is -0.0328. The second kappa shape index (κ2) is 5.70. The van der Waals surface area contributed by atoms with Gasteiger partial charge < -0.3 is 4.90 Å². The topological polar surface area (TPSA) is 57.7 Å². The number of likely N-dealkylation sites (tertiary alicyclic amines) is 1. The van der Waals surface area contributed by atoms with Crippen molar-refractivity contribution in [1.29, 1.82) is 0 Å². The van der Waals surface area contributed by atoms with Gasteiger partial charge in [-0.25, -0.2) is 0 Å². The van der Waals surface area contributed by atoms with E-state index >= 15 is 0 Å². The van der Waals surface area contributed by atoms with E-state index in [0.717, 1.165) is 11.3 Å². The van der Waals surface area contributed by atoms with Gasteiger partial charge in [0.1, 0.15) is 0 Å². The molecule has 0 atom stereocenters. The standard InChI is InChI=1S/C20H16N2O3/c1-21-16-10-6-5-9-14(16)18(20(21)25)15-11-17(23)22(19(15)24)12-13-7-3-2-4-8-13/h2-10H,11-12H2,1H3. The maximum atomic E-state index is 12.8. The van der Waals surface area contributed by atoms with Gasteiger partial charge in [-0.2, -0.15) is 0 Å². The predicted octanol–water partition coefficient (Wildman–Crippen LogP) is 2.38. The second-order valence-corrected chi connectivity index (χ2v) is 6.18. The van der Waals surface area contributed by atoms with Gasteiger partial charge >= 0.3 is 0 Å². The molecule has 2 aromatic rings. The number of rotatable bonds is 2. The lowest BCUT2D eigenvalue weighted by Gasteiger charge is -2.13. The van der Waals surface area contributed by atoms with Crippen LogP contribution in [-0.2, 0) is 20.9 Å². The zero-order valence-corrected chi connectivity index (χ0v) is 13.7. The molecule has 0 radical (unpaired) electrons. The molecule has 5 heteroatoms. The maximum absolute atomic E-state index is 12.8. The summed E-state index contributed by atoms with van der Waals surface area (Å²) in [4.78, 5) is 40.7. The van der Waals surface area contributed by atoms with E-state index in [2.05, 4.69) is 0 Å². The number of amides is 3. The molecule has 4 rings (SSSR count). The van der Waals surface area contributed by atoms with Crippen LogP contribution in [0.1, 0.15) is 17.5 Å². The molecule has 0 aromatic heterocycles. The smallest absolute Gasteiger partial charge is 0.259 e. The highest BCUT2D eigenvalue weighted by molar-refractivity contribution is 6.38. The third-order valence-electron chi connectivity index (χ3n) is 4.67. The molecular weight excluding hydrogens is 316 g/mol. The molecule has 2 heterocycles. The molecule has 1 saturated heterocycles. The van der Waals surface area contributed by atoms with Crippen LogP contribution in [0.5, 0.6) is 0 Å². The zero-order valence-electron chi connectivity index (χ0n) is 13.7. The van der Waals surface area contributed by atoms with Gasteiger partial charge in [0.2, 0.25) is 5.91 Å². The average molecular weight is 332 g/mol. The minimum Gasteiger partial charge on any atom is -0.311 e. The van der Waals surface area contributed by atoms with Crippen molar-refractivity contribution in [3.63, 3.8) is 0 Å². The van der Waals surface area contributed by atoms with Crippen LogP contribution in [0.2, 0.25) is 0 Å². The van der Waals surface area contributed by atoms with Crippen molar-refractivity contribution in [3.8, 4) is 0 Å². The summed E-state index contributed by atoms with van der Waals surface area (Å²) in [7, 11) is 1.68. The van der Waals surface area contributed by atoms with Crippen LogP contribution >= 0.6 is 0 Å². The van der Waals surface area contributed by atoms with Gasteiger partial charge in [0.25, 0.3) is 11.8 Å². The summed E-state index contributed by atoms with van der Waals surface area (Å²) in [6, 6.07) is 16.7. The highest BCUT2D eigenvalue weighted by Crippen LogP contribution is 2.40. The minimum atomic E-state index is -0.373. The summed E-state index contributed by atoms with van der Waals surface area (Å²) in [5, 5.41) is 0. The average Bonchev–Trinajstić information content (AvgIpc) is 3.04. The summed E-state index contributed by atoms with van der Waals surface area (Å²) < 4.78 is 0. The van der Waals surface area contributed by atoms with E-state index in [1.54, 1.807) is 7.05 Å². The normalized spacial score (nSPS) is 19.8. The van der Waals surface area contributed by atoms with E-state index in [1.807, 2.05) is 54.6 Å². The number of para-hydroxylation sites is 1. The molecule has 25 heavy (non-hydrogen) atoms. The van der Waals surface area contributed by atoms with Crippen molar-refractivity contribution in [1.82, 2.24) is 4.90 Å².